The largest absolute Gasteiger partial charge is 0.314 e. The van der Waals surface area contributed by atoms with Gasteiger partial charge in [-0.25, -0.2) is 4.39 Å². The van der Waals surface area contributed by atoms with Crippen LogP contribution in [-0.2, 0) is 6.42 Å². The molecule has 1 aliphatic carbocycles. The molecule has 0 spiro atoms. The molecule has 1 aromatic rings. The van der Waals surface area contributed by atoms with E-state index in [1.807, 2.05) is 6.07 Å². The second-order valence-corrected chi connectivity index (χ2v) is 7.09. The molecular weight excluding hydrogens is 261 g/mol. The van der Waals surface area contributed by atoms with Gasteiger partial charge in [-0.05, 0) is 54.8 Å². The van der Waals surface area contributed by atoms with Crippen LogP contribution in [0.25, 0.3) is 0 Å². The summed E-state index contributed by atoms with van der Waals surface area (Å²) in [4.78, 5) is 0. The van der Waals surface area contributed by atoms with E-state index in [-0.39, 0.29) is 11.2 Å². The third-order valence-corrected chi connectivity index (χ3v) is 4.29. The topological polar surface area (TPSA) is 12.0 Å². The maximum absolute atomic E-state index is 13.1. The smallest absolute Gasteiger partial charge is 0.124 e. The van der Waals surface area contributed by atoms with Crippen molar-refractivity contribution in [2.24, 2.45) is 11.3 Å². The first-order valence-electron chi connectivity index (χ1n) is 7.03. The molecule has 1 aromatic carbocycles. The summed E-state index contributed by atoms with van der Waals surface area (Å²) < 4.78 is 13.1. The molecule has 106 valence electrons. The molecule has 1 atom stereocenters. The van der Waals surface area contributed by atoms with Gasteiger partial charge >= 0.3 is 0 Å². The SMILES string of the molecule is CC(C)(C)C(CNC1CC1)Cc1ccc(F)cc1Cl. The van der Waals surface area contributed by atoms with Crippen LogP contribution in [-0.4, -0.2) is 12.6 Å². The maximum Gasteiger partial charge on any atom is 0.124 e. The van der Waals surface area contributed by atoms with E-state index < -0.39 is 0 Å². The van der Waals surface area contributed by atoms with Gasteiger partial charge in [0.2, 0.25) is 0 Å². The van der Waals surface area contributed by atoms with Crippen molar-refractivity contribution < 1.29 is 4.39 Å². The summed E-state index contributed by atoms with van der Waals surface area (Å²) >= 11 is 6.14. The molecule has 1 aliphatic rings. The van der Waals surface area contributed by atoms with Gasteiger partial charge < -0.3 is 5.32 Å². The Morgan fingerprint density at radius 2 is 2.05 bits per heavy atom. The summed E-state index contributed by atoms with van der Waals surface area (Å²) in [6.07, 6.45) is 3.49. The van der Waals surface area contributed by atoms with Gasteiger partial charge in [0.15, 0.2) is 0 Å². The van der Waals surface area contributed by atoms with Gasteiger partial charge in [-0.1, -0.05) is 38.4 Å². The highest BCUT2D eigenvalue weighted by molar-refractivity contribution is 6.31. The molecule has 1 unspecified atom stereocenters. The summed E-state index contributed by atoms with van der Waals surface area (Å²) in [6.45, 7) is 7.76. The highest BCUT2D eigenvalue weighted by atomic mass is 35.5. The van der Waals surface area contributed by atoms with Gasteiger partial charge in [0.1, 0.15) is 5.82 Å². The first-order valence-corrected chi connectivity index (χ1v) is 7.41. The van der Waals surface area contributed by atoms with Gasteiger partial charge in [-0.15, -0.1) is 0 Å². The molecule has 2 rings (SSSR count). The number of hydrogen-bond donors (Lipinski definition) is 1. The van der Waals surface area contributed by atoms with Crippen molar-refractivity contribution in [1.82, 2.24) is 5.32 Å². The van der Waals surface area contributed by atoms with Gasteiger partial charge in [0, 0.05) is 11.1 Å². The Morgan fingerprint density at radius 1 is 1.37 bits per heavy atom. The molecule has 0 aromatic heterocycles. The summed E-state index contributed by atoms with van der Waals surface area (Å²) in [5.74, 6) is 0.230. The Hall–Kier alpha value is -0.600. The number of benzene rings is 1. The lowest BCUT2D eigenvalue weighted by Gasteiger charge is -2.31. The first kappa shape index (κ1) is 14.8. The van der Waals surface area contributed by atoms with Gasteiger partial charge in [0.05, 0.1) is 0 Å². The lowest BCUT2D eigenvalue weighted by Crippen LogP contribution is -2.34. The minimum absolute atomic E-state index is 0.208. The van der Waals surface area contributed by atoms with E-state index >= 15 is 0 Å². The lowest BCUT2D eigenvalue weighted by molar-refractivity contribution is 0.230. The van der Waals surface area contributed by atoms with Crippen LogP contribution in [0.4, 0.5) is 4.39 Å². The van der Waals surface area contributed by atoms with E-state index in [0.29, 0.717) is 17.0 Å². The zero-order valence-corrected chi connectivity index (χ0v) is 12.7. The maximum atomic E-state index is 13.1. The quantitative estimate of drug-likeness (QED) is 0.843. The molecule has 0 bridgehead atoms. The van der Waals surface area contributed by atoms with Crippen LogP contribution < -0.4 is 5.32 Å². The van der Waals surface area contributed by atoms with Crippen LogP contribution in [0.5, 0.6) is 0 Å². The van der Waals surface area contributed by atoms with Gasteiger partial charge in [-0.2, -0.15) is 0 Å². The van der Waals surface area contributed by atoms with Crippen LogP contribution in [0.3, 0.4) is 0 Å². The van der Waals surface area contributed by atoms with Crippen molar-refractivity contribution in [3.8, 4) is 0 Å². The van der Waals surface area contributed by atoms with Crippen LogP contribution in [0.15, 0.2) is 18.2 Å². The zero-order chi connectivity index (χ0) is 14.0. The van der Waals surface area contributed by atoms with Crippen LogP contribution in [0.2, 0.25) is 5.02 Å². The standard InChI is InChI=1S/C16H23ClFN/c1-16(2,3)12(10-19-14-6-7-14)8-11-4-5-13(18)9-15(11)17/h4-5,9,12,14,19H,6-8,10H2,1-3H3. The van der Waals surface area contributed by atoms with Crippen LogP contribution in [0.1, 0.15) is 39.2 Å². The highest BCUT2D eigenvalue weighted by Gasteiger charge is 2.28. The normalized spacial score (nSPS) is 17.5. The summed E-state index contributed by atoms with van der Waals surface area (Å²) in [6, 6.07) is 5.43. The van der Waals surface area contributed by atoms with E-state index in [2.05, 4.69) is 26.1 Å². The van der Waals surface area contributed by atoms with Crippen LogP contribution >= 0.6 is 11.6 Å². The first-order chi connectivity index (χ1) is 8.86. The Bertz CT molecular complexity index is 435. The number of halogens is 2. The fraction of sp³-hybridized carbons (Fsp3) is 0.625. The molecular formula is C16H23ClFN. The number of hydrogen-bond acceptors (Lipinski definition) is 1. The molecule has 1 N–H and O–H groups in total. The third-order valence-electron chi connectivity index (χ3n) is 3.94. The zero-order valence-electron chi connectivity index (χ0n) is 12.0. The summed E-state index contributed by atoms with van der Waals surface area (Å²) in [7, 11) is 0. The Labute approximate surface area is 120 Å². The Balaban J connectivity index is 2.05. The van der Waals surface area contributed by atoms with Crippen molar-refractivity contribution in [3.05, 3.63) is 34.6 Å². The fourth-order valence-corrected chi connectivity index (χ4v) is 2.48. The molecule has 0 aliphatic heterocycles. The average Bonchev–Trinajstić information content (AvgIpc) is 3.09. The molecule has 1 nitrogen and oxygen atoms in total. The predicted octanol–water partition coefficient (Wildman–Crippen LogP) is 4.44. The Morgan fingerprint density at radius 3 is 2.58 bits per heavy atom. The second kappa shape index (κ2) is 5.80. The van der Waals surface area contributed by atoms with E-state index in [1.165, 1.54) is 25.0 Å². The average molecular weight is 284 g/mol. The molecule has 1 fully saturated rings. The van der Waals surface area contributed by atoms with Gasteiger partial charge in [0.25, 0.3) is 0 Å². The minimum atomic E-state index is -0.267. The van der Waals surface area contributed by atoms with E-state index in [0.717, 1.165) is 18.5 Å². The molecule has 0 saturated heterocycles. The predicted molar refractivity (Wildman–Crippen MR) is 79.1 cm³/mol. The lowest BCUT2D eigenvalue weighted by atomic mass is 9.77. The van der Waals surface area contributed by atoms with E-state index in [1.54, 1.807) is 0 Å². The van der Waals surface area contributed by atoms with Crippen molar-refractivity contribution in [2.45, 2.75) is 46.1 Å². The van der Waals surface area contributed by atoms with Crippen LogP contribution in [0, 0.1) is 17.2 Å². The Kier molecular flexibility index (Phi) is 4.52. The van der Waals surface area contributed by atoms with Crippen molar-refractivity contribution in [2.75, 3.05) is 6.54 Å². The minimum Gasteiger partial charge on any atom is -0.314 e. The van der Waals surface area contributed by atoms with E-state index in [4.69, 9.17) is 11.6 Å². The van der Waals surface area contributed by atoms with E-state index in [9.17, 15) is 4.39 Å². The van der Waals surface area contributed by atoms with Gasteiger partial charge in [-0.3, -0.25) is 0 Å². The third kappa shape index (κ3) is 4.47. The monoisotopic (exact) mass is 283 g/mol. The summed E-state index contributed by atoms with van der Waals surface area (Å²) in [5, 5.41) is 4.14. The second-order valence-electron chi connectivity index (χ2n) is 6.69. The number of nitrogens with one attached hydrogen (secondary N) is 1. The van der Waals surface area contributed by atoms with Crippen molar-refractivity contribution in [3.63, 3.8) is 0 Å². The molecule has 0 amide bonds. The summed E-state index contributed by atoms with van der Waals surface area (Å²) in [5.41, 5.74) is 1.25. The molecule has 19 heavy (non-hydrogen) atoms. The van der Waals surface area contributed by atoms with Crippen molar-refractivity contribution >= 4 is 11.6 Å². The number of rotatable bonds is 5. The molecule has 1 saturated carbocycles. The highest BCUT2D eigenvalue weighted by Crippen LogP contribution is 2.32. The molecule has 0 radical (unpaired) electrons. The van der Waals surface area contributed by atoms with Crippen molar-refractivity contribution in [1.29, 1.82) is 0 Å². The fourth-order valence-electron chi connectivity index (χ4n) is 2.23. The molecule has 3 heteroatoms. The molecule has 0 heterocycles.